The van der Waals surface area contributed by atoms with Crippen molar-refractivity contribution in [1.29, 1.82) is 0 Å². The van der Waals surface area contributed by atoms with Crippen molar-refractivity contribution >= 4 is 9.84 Å². The molecule has 0 radical (unpaired) electrons. The zero-order valence-corrected chi connectivity index (χ0v) is 12.8. The summed E-state index contributed by atoms with van der Waals surface area (Å²) >= 11 is 0. The van der Waals surface area contributed by atoms with E-state index in [1.165, 1.54) is 6.26 Å². The topological polar surface area (TPSA) is 68.3 Å². The Balaban J connectivity index is 1.95. The molecule has 1 aromatic rings. The molecule has 1 aliphatic rings. The summed E-state index contributed by atoms with van der Waals surface area (Å²) in [6.07, 6.45) is 6.12. The Labute approximate surface area is 120 Å². The van der Waals surface area contributed by atoms with Crippen LogP contribution in [0.1, 0.15) is 31.4 Å². The van der Waals surface area contributed by atoms with E-state index in [0.717, 1.165) is 31.5 Å². The third-order valence-electron chi connectivity index (χ3n) is 3.64. The Morgan fingerprint density at radius 3 is 2.80 bits per heavy atom. The summed E-state index contributed by atoms with van der Waals surface area (Å²) in [5.41, 5.74) is 0.956. The molecule has 2 atom stereocenters. The number of ether oxygens (including phenoxy) is 1. The number of rotatable bonds is 5. The molecule has 5 nitrogen and oxygen atoms in total. The molecular weight excluding hydrogens is 276 g/mol. The normalized spacial score (nSPS) is 23.5. The van der Waals surface area contributed by atoms with Crippen LogP contribution in [0.25, 0.3) is 0 Å². The fraction of sp³-hybridized carbons (Fsp3) is 0.643. The molecular formula is C14H22N2O3S. The van der Waals surface area contributed by atoms with Crippen LogP contribution in [0.15, 0.2) is 18.3 Å². The predicted molar refractivity (Wildman–Crippen MR) is 78.5 cm³/mol. The Kier molecular flexibility index (Phi) is 4.99. The largest absolute Gasteiger partial charge is 0.489 e. The molecule has 1 aromatic heterocycles. The molecule has 1 aliphatic carbocycles. The molecule has 1 heterocycles. The third-order valence-corrected chi connectivity index (χ3v) is 5.28. The summed E-state index contributed by atoms with van der Waals surface area (Å²) in [4.78, 5) is 4.30. The first-order chi connectivity index (χ1) is 9.49. The first kappa shape index (κ1) is 15.3. The number of nitrogens with zero attached hydrogens (tertiary/aromatic N) is 1. The van der Waals surface area contributed by atoms with Crippen LogP contribution in [0.2, 0.25) is 0 Å². The van der Waals surface area contributed by atoms with E-state index in [1.54, 1.807) is 6.20 Å². The van der Waals surface area contributed by atoms with Gasteiger partial charge in [0, 0.05) is 19.2 Å². The van der Waals surface area contributed by atoms with Gasteiger partial charge in [0.2, 0.25) is 0 Å². The highest BCUT2D eigenvalue weighted by Gasteiger charge is 2.29. The average molecular weight is 298 g/mol. The summed E-state index contributed by atoms with van der Waals surface area (Å²) in [5.74, 6) is 0.712. The van der Waals surface area contributed by atoms with Crippen LogP contribution in [0.5, 0.6) is 5.75 Å². The van der Waals surface area contributed by atoms with Crippen molar-refractivity contribution in [2.75, 3.05) is 13.3 Å². The molecule has 1 saturated carbocycles. The Morgan fingerprint density at radius 1 is 1.40 bits per heavy atom. The molecule has 0 bridgehead atoms. The van der Waals surface area contributed by atoms with Crippen LogP contribution in [-0.4, -0.2) is 38.1 Å². The van der Waals surface area contributed by atoms with Gasteiger partial charge in [0.05, 0.1) is 17.1 Å². The van der Waals surface area contributed by atoms with Gasteiger partial charge >= 0.3 is 0 Å². The van der Waals surface area contributed by atoms with Crippen molar-refractivity contribution in [2.24, 2.45) is 0 Å². The maximum Gasteiger partial charge on any atom is 0.150 e. The van der Waals surface area contributed by atoms with Crippen LogP contribution in [0.3, 0.4) is 0 Å². The van der Waals surface area contributed by atoms with Crippen LogP contribution in [0, 0.1) is 0 Å². The van der Waals surface area contributed by atoms with Crippen molar-refractivity contribution in [2.45, 2.75) is 43.6 Å². The Bertz CT molecular complexity index is 528. The zero-order chi connectivity index (χ0) is 14.6. The van der Waals surface area contributed by atoms with Crippen molar-refractivity contribution < 1.29 is 13.2 Å². The molecule has 20 heavy (non-hydrogen) atoms. The highest BCUT2D eigenvalue weighted by atomic mass is 32.2. The fourth-order valence-electron chi connectivity index (χ4n) is 2.56. The van der Waals surface area contributed by atoms with Gasteiger partial charge in [-0.05, 0) is 38.4 Å². The van der Waals surface area contributed by atoms with Gasteiger partial charge in [-0.25, -0.2) is 8.42 Å². The summed E-state index contributed by atoms with van der Waals surface area (Å²) < 4.78 is 29.1. The highest BCUT2D eigenvalue weighted by molar-refractivity contribution is 7.91. The van der Waals surface area contributed by atoms with E-state index in [2.05, 4.69) is 10.3 Å². The van der Waals surface area contributed by atoms with E-state index < -0.39 is 9.84 Å². The summed E-state index contributed by atoms with van der Waals surface area (Å²) in [6, 6.07) is 3.81. The van der Waals surface area contributed by atoms with Gasteiger partial charge in [0.25, 0.3) is 0 Å². The monoisotopic (exact) mass is 298 g/mol. The lowest BCUT2D eigenvalue weighted by Crippen LogP contribution is -2.33. The van der Waals surface area contributed by atoms with Crippen LogP contribution < -0.4 is 10.1 Å². The van der Waals surface area contributed by atoms with Gasteiger partial charge in [-0.15, -0.1) is 0 Å². The third kappa shape index (κ3) is 4.18. The summed E-state index contributed by atoms with van der Waals surface area (Å²) in [6.45, 7) is 0.722. The maximum atomic E-state index is 11.6. The first-order valence-corrected chi connectivity index (χ1v) is 8.89. The minimum absolute atomic E-state index is 0.0274. The van der Waals surface area contributed by atoms with Gasteiger partial charge in [-0.2, -0.15) is 0 Å². The average Bonchev–Trinajstić information content (AvgIpc) is 2.41. The second-order valence-electron chi connectivity index (χ2n) is 5.37. The lowest BCUT2D eigenvalue weighted by atomic mass is 9.97. The molecule has 1 N–H and O–H groups in total. The number of hydrogen-bond donors (Lipinski definition) is 1. The van der Waals surface area contributed by atoms with E-state index in [0.29, 0.717) is 12.2 Å². The molecule has 0 aliphatic heterocycles. The van der Waals surface area contributed by atoms with Gasteiger partial charge in [0.15, 0.2) is 0 Å². The van der Waals surface area contributed by atoms with Gasteiger partial charge in [-0.1, -0.05) is 0 Å². The molecule has 112 valence electrons. The van der Waals surface area contributed by atoms with Crippen LogP contribution in [0.4, 0.5) is 0 Å². The predicted octanol–water partition coefficient (Wildman–Crippen LogP) is 1.54. The molecule has 0 aromatic carbocycles. The summed E-state index contributed by atoms with van der Waals surface area (Å²) in [5, 5.41) is 2.77. The van der Waals surface area contributed by atoms with E-state index in [-0.39, 0.29) is 11.4 Å². The quantitative estimate of drug-likeness (QED) is 0.893. The molecule has 0 amide bonds. The van der Waals surface area contributed by atoms with E-state index in [4.69, 9.17) is 4.74 Å². The molecule has 0 saturated heterocycles. The van der Waals surface area contributed by atoms with Crippen LogP contribution in [-0.2, 0) is 16.4 Å². The van der Waals surface area contributed by atoms with Crippen molar-refractivity contribution in [3.63, 3.8) is 0 Å². The summed E-state index contributed by atoms with van der Waals surface area (Å²) in [7, 11) is -1.09. The minimum Gasteiger partial charge on any atom is -0.489 e. The molecule has 1 fully saturated rings. The highest BCUT2D eigenvalue weighted by Crippen LogP contribution is 2.27. The zero-order valence-electron chi connectivity index (χ0n) is 12.0. The van der Waals surface area contributed by atoms with Gasteiger partial charge < -0.3 is 10.1 Å². The lowest BCUT2D eigenvalue weighted by molar-refractivity contribution is 0.155. The molecule has 6 heteroatoms. The second kappa shape index (κ2) is 6.54. The van der Waals surface area contributed by atoms with Crippen molar-refractivity contribution in [1.82, 2.24) is 10.3 Å². The lowest BCUT2D eigenvalue weighted by Gasteiger charge is -2.28. The maximum absolute atomic E-state index is 11.6. The van der Waals surface area contributed by atoms with E-state index in [1.807, 2.05) is 19.2 Å². The van der Waals surface area contributed by atoms with E-state index in [9.17, 15) is 8.42 Å². The van der Waals surface area contributed by atoms with Crippen LogP contribution >= 0.6 is 0 Å². The number of hydrogen-bond acceptors (Lipinski definition) is 5. The smallest absolute Gasteiger partial charge is 0.150 e. The van der Waals surface area contributed by atoms with Gasteiger partial charge in [0.1, 0.15) is 21.7 Å². The standard InChI is InChI=1S/C14H22N2O3S/c1-15-9-11-6-7-13(10-16-11)19-12-4-3-5-14(8-12)20(2,17)18/h6-7,10,12,14-15H,3-5,8-9H2,1-2H3. The fourth-order valence-corrected chi connectivity index (χ4v) is 3.72. The number of sulfone groups is 1. The number of pyridine rings is 1. The Hall–Kier alpha value is -1.14. The van der Waals surface area contributed by atoms with Crippen molar-refractivity contribution in [3.8, 4) is 5.75 Å². The molecule has 0 spiro atoms. The number of nitrogens with one attached hydrogen (secondary N) is 1. The Morgan fingerprint density at radius 2 is 2.20 bits per heavy atom. The van der Waals surface area contributed by atoms with Crippen molar-refractivity contribution in [3.05, 3.63) is 24.0 Å². The number of aromatic nitrogens is 1. The van der Waals surface area contributed by atoms with Gasteiger partial charge in [-0.3, -0.25) is 4.98 Å². The van der Waals surface area contributed by atoms with E-state index >= 15 is 0 Å². The molecule has 2 unspecified atom stereocenters. The first-order valence-electron chi connectivity index (χ1n) is 6.94. The second-order valence-corrected chi connectivity index (χ2v) is 7.70. The molecule has 2 rings (SSSR count). The SMILES string of the molecule is CNCc1ccc(OC2CCCC(S(C)(=O)=O)C2)cn1. The minimum atomic E-state index is -2.97.